The predicted octanol–water partition coefficient (Wildman–Crippen LogP) is 3.41. The fourth-order valence-electron chi connectivity index (χ4n) is 2.93. The van der Waals surface area contributed by atoms with Crippen LogP contribution >= 0.6 is 11.8 Å². The Morgan fingerprint density at radius 2 is 2.27 bits per heavy atom. The molecule has 2 unspecified atom stereocenters. The van der Waals surface area contributed by atoms with Gasteiger partial charge in [-0.2, -0.15) is 11.8 Å². The molecule has 0 aromatic carbocycles. The van der Waals surface area contributed by atoms with Crippen LogP contribution in [-0.4, -0.2) is 39.3 Å². The SMILES string of the molecule is CSC1CCCC1n1cncc1CCNC(=O)OC(C)(C)C. The Labute approximate surface area is 137 Å². The highest BCUT2D eigenvalue weighted by molar-refractivity contribution is 7.99. The maximum absolute atomic E-state index is 11.7. The lowest BCUT2D eigenvalue weighted by Crippen LogP contribution is -2.33. The zero-order valence-electron chi connectivity index (χ0n) is 14.0. The molecule has 1 aromatic heterocycles. The second-order valence-corrected chi connectivity index (χ2v) is 7.82. The third-order valence-corrected chi connectivity index (χ3v) is 5.03. The maximum atomic E-state index is 11.7. The number of carbonyl (C=O) groups excluding carboxylic acids is 1. The fraction of sp³-hybridized carbons (Fsp3) is 0.750. The van der Waals surface area contributed by atoms with Gasteiger partial charge in [0.05, 0.1) is 6.33 Å². The van der Waals surface area contributed by atoms with Crippen molar-refractivity contribution >= 4 is 17.9 Å². The second kappa shape index (κ2) is 7.40. The van der Waals surface area contributed by atoms with E-state index in [0.717, 1.165) is 6.42 Å². The molecule has 1 aliphatic carbocycles. The average molecular weight is 325 g/mol. The molecule has 1 amide bonds. The molecule has 0 aliphatic heterocycles. The van der Waals surface area contributed by atoms with Gasteiger partial charge < -0.3 is 14.6 Å². The van der Waals surface area contributed by atoms with Crippen molar-refractivity contribution in [1.29, 1.82) is 0 Å². The van der Waals surface area contributed by atoms with E-state index in [2.05, 4.69) is 21.1 Å². The lowest BCUT2D eigenvalue weighted by atomic mass is 10.2. The average Bonchev–Trinajstić information content (AvgIpc) is 3.03. The molecule has 1 saturated carbocycles. The summed E-state index contributed by atoms with van der Waals surface area (Å²) in [7, 11) is 0. The Morgan fingerprint density at radius 3 is 2.95 bits per heavy atom. The number of aromatic nitrogens is 2. The quantitative estimate of drug-likeness (QED) is 0.901. The van der Waals surface area contributed by atoms with Gasteiger partial charge in [-0.3, -0.25) is 0 Å². The van der Waals surface area contributed by atoms with Crippen molar-refractivity contribution in [3.8, 4) is 0 Å². The second-order valence-electron chi connectivity index (χ2n) is 6.74. The molecule has 0 radical (unpaired) electrons. The summed E-state index contributed by atoms with van der Waals surface area (Å²) < 4.78 is 7.54. The largest absolute Gasteiger partial charge is 0.444 e. The first-order valence-corrected chi connectivity index (χ1v) is 9.20. The van der Waals surface area contributed by atoms with Gasteiger partial charge in [-0.05, 0) is 39.9 Å². The van der Waals surface area contributed by atoms with E-state index < -0.39 is 5.60 Å². The molecule has 1 heterocycles. The Hall–Kier alpha value is -1.17. The van der Waals surface area contributed by atoms with Gasteiger partial charge in [-0.15, -0.1) is 0 Å². The van der Waals surface area contributed by atoms with Crippen LogP contribution in [0.1, 0.15) is 51.8 Å². The summed E-state index contributed by atoms with van der Waals surface area (Å²) in [4.78, 5) is 16.0. The monoisotopic (exact) mass is 325 g/mol. The van der Waals surface area contributed by atoms with Crippen molar-refractivity contribution in [2.24, 2.45) is 0 Å². The topological polar surface area (TPSA) is 56.2 Å². The molecule has 0 bridgehead atoms. The molecule has 1 N–H and O–H groups in total. The van der Waals surface area contributed by atoms with Crippen LogP contribution in [0.4, 0.5) is 4.79 Å². The fourth-order valence-corrected chi connectivity index (χ4v) is 3.91. The van der Waals surface area contributed by atoms with Gasteiger partial charge in [-0.25, -0.2) is 9.78 Å². The van der Waals surface area contributed by atoms with Crippen LogP contribution < -0.4 is 5.32 Å². The van der Waals surface area contributed by atoms with Gasteiger partial charge in [0, 0.05) is 36.1 Å². The third-order valence-electron chi connectivity index (χ3n) is 3.87. The lowest BCUT2D eigenvalue weighted by molar-refractivity contribution is 0.0528. The van der Waals surface area contributed by atoms with Crippen molar-refractivity contribution in [1.82, 2.24) is 14.9 Å². The number of thioether (sulfide) groups is 1. The van der Waals surface area contributed by atoms with E-state index in [0.29, 0.717) is 17.8 Å². The van der Waals surface area contributed by atoms with E-state index in [1.807, 2.05) is 45.1 Å². The Bertz CT molecular complexity index is 496. The molecule has 1 fully saturated rings. The van der Waals surface area contributed by atoms with Crippen molar-refractivity contribution in [3.63, 3.8) is 0 Å². The van der Waals surface area contributed by atoms with Crippen LogP contribution in [0.15, 0.2) is 12.5 Å². The number of ether oxygens (including phenoxy) is 1. The van der Waals surface area contributed by atoms with Crippen LogP contribution in [-0.2, 0) is 11.2 Å². The van der Waals surface area contributed by atoms with E-state index in [1.165, 1.54) is 25.0 Å². The number of nitrogens with one attached hydrogen (secondary N) is 1. The minimum absolute atomic E-state index is 0.360. The molecule has 0 saturated heterocycles. The first-order chi connectivity index (χ1) is 10.4. The van der Waals surface area contributed by atoms with Gasteiger partial charge in [0.2, 0.25) is 0 Å². The highest BCUT2D eigenvalue weighted by Gasteiger charge is 2.28. The van der Waals surface area contributed by atoms with Crippen LogP contribution in [0, 0.1) is 0 Å². The first kappa shape index (κ1) is 17.2. The maximum Gasteiger partial charge on any atom is 0.407 e. The zero-order chi connectivity index (χ0) is 16.2. The molecule has 22 heavy (non-hydrogen) atoms. The van der Waals surface area contributed by atoms with E-state index >= 15 is 0 Å². The molecule has 2 rings (SSSR count). The van der Waals surface area contributed by atoms with Gasteiger partial charge >= 0.3 is 6.09 Å². The number of hydrogen-bond donors (Lipinski definition) is 1. The standard InChI is InChI=1S/C16H27N3O2S/c1-16(2,3)21-15(20)18-9-8-12-10-17-11-19(12)13-6-5-7-14(13)22-4/h10-11,13-14H,5-9H2,1-4H3,(H,18,20). The number of alkyl carbamates (subject to hydrolysis) is 1. The number of hydrogen-bond acceptors (Lipinski definition) is 4. The summed E-state index contributed by atoms with van der Waals surface area (Å²) in [6, 6.07) is 0.536. The summed E-state index contributed by atoms with van der Waals surface area (Å²) >= 11 is 1.94. The Morgan fingerprint density at radius 1 is 1.50 bits per heavy atom. The molecule has 124 valence electrons. The van der Waals surface area contributed by atoms with Gasteiger partial charge in [0.1, 0.15) is 5.60 Å². The highest BCUT2D eigenvalue weighted by atomic mass is 32.2. The van der Waals surface area contributed by atoms with E-state index in [9.17, 15) is 4.79 Å². The van der Waals surface area contributed by atoms with Gasteiger partial charge in [0.15, 0.2) is 0 Å². The number of amides is 1. The van der Waals surface area contributed by atoms with Crippen LogP contribution in [0.3, 0.4) is 0 Å². The Balaban J connectivity index is 1.87. The number of imidazole rings is 1. The van der Waals surface area contributed by atoms with Gasteiger partial charge in [0.25, 0.3) is 0 Å². The van der Waals surface area contributed by atoms with E-state index in [1.54, 1.807) is 0 Å². The smallest absolute Gasteiger partial charge is 0.407 e. The third kappa shape index (κ3) is 4.66. The Kier molecular flexibility index (Phi) is 5.78. The lowest BCUT2D eigenvalue weighted by Gasteiger charge is -2.22. The summed E-state index contributed by atoms with van der Waals surface area (Å²) in [6.07, 6.45) is 10.2. The molecule has 5 nitrogen and oxygen atoms in total. The highest BCUT2D eigenvalue weighted by Crippen LogP contribution is 2.37. The van der Waals surface area contributed by atoms with Crippen LogP contribution in [0.5, 0.6) is 0 Å². The van der Waals surface area contributed by atoms with Crippen molar-refractivity contribution < 1.29 is 9.53 Å². The van der Waals surface area contributed by atoms with Crippen molar-refractivity contribution in [3.05, 3.63) is 18.2 Å². The number of carbonyl (C=O) groups is 1. The van der Waals surface area contributed by atoms with E-state index in [4.69, 9.17) is 4.74 Å². The first-order valence-electron chi connectivity index (χ1n) is 7.91. The van der Waals surface area contributed by atoms with E-state index in [-0.39, 0.29) is 6.09 Å². The predicted molar refractivity (Wildman–Crippen MR) is 90.4 cm³/mol. The summed E-state index contributed by atoms with van der Waals surface area (Å²) in [5, 5.41) is 3.49. The van der Waals surface area contributed by atoms with Crippen LogP contribution in [0.25, 0.3) is 0 Å². The van der Waals surface area contributed by atoms with Gasteiger partial charge in [-0.1, -0.05) is 6.42 Å². The minimum Gasteiger partial charge on any atom is -0.444 e. The molecule has 0 spiro atoms. The zero-order valence-corrected chi connectivity index (χ0v) is 14.8. The van der Waals surface area contributed by atoms with Crippen molar-refractivity contribution in [2.45, 2.75) is 63.3 Å². The molecule has 1 aliphatic rings. The normalized spacial score (nSPS) is 21.8. The minimum atomic E-state index is -0.457. The molecular weight excluding hydrogens is 298 g/mol. The summed E-state index contributed by atoms with van der Waals surface area (Å²) in [5.74, 6) is 0. The summed E-state index contributed by atoms with van der Waals surface area (Å²) in [6.45, 7) is 6.16. The summed E-state index contributed by atoms with van der Waals surface area (Å²) in [5.41, 5.74) is 0.725. The number of nitrogens with zero attached hydrogens (tertiary/aromatic N) is 2. The van der Waals surface area contributed by atoms with Crippen molar-refractivity contribution in [2.75, 3.05) is 12.8 Å². The number of rotatable bonds is 5. The molecule has 6 heteroatoms. The molecule has 2 atom stereocenters. The van der Waals surface area contributed by atoms with Crippen LogP contribution in [0.2, 0.25) is 0 Å². The molecular formula is C16H27N3O2S. The molecule has 1 aromatic rings.